The summed E-state index contributed by atoms with van der Waals surface area (Å²) < 4.78 is 82.5. The average Bonchev–Trinajstić information content (AvgIpc) is 2.69. The molecule has 0 unspecified atom stereocenters. The lowest BCUT2D eigenvalue weighted by Crippen LogP contribution is -2.33. The number of para-hydroxylation sites is 1. The van der Waals surface area contributed by atoms with Crippen molar-refractivity contribution in [2.75, 3.05) is 13.2 Å². The number of amides is 1. The van der Waals surface area contributed by atoms with Crippen molar-refractivity contribution in [1.29, 1.82) is 0 Å². The standard InChI is InChI=1S/C20H15F6NO4/c21-19(22,23)16-9-12(6-8-18(30)27-10-13(29)11-28)5-7-14(16)15-3-1-2-4-17(15)31-20(24,25)26/h1-5,7,9,13,28-29H,10-11H2,(H,27,30)/t13-/m1/s1. The van der Waals surface area contributed by atoms with Crippen molar-refractivity contribution in [2.45, 2.75) is 18.6 Å². The van der Waals surface area contributed by atoms with Crippen molar-refractivity contribution in [3.63, 3.8) is 0 Å². The molecule has 166 valence electrons. The minimum Gasteiger partial charge on any atom is -0.405 e. The summed E-state index contributed by atoms with van der Waals surface area (Å²) in [5, 5.41) is 19.9. The lowest BCUT2D eigenvalue weighted by molar-refractivity contribution is -0.274. The van der Waals surface area contributed by atoms with E-state index in [0.717, 1.165) is 24.3 Å². The van der Waals surface area contributed by atoms with Crippen LogP contribution in [0.2, 0.25) is 0 Å². The summed E-state index contributed by atoms with van der Waals surface area (Å²) in [5.41, 5.74) is -2.48. The molecule has 0 bridgehead atoms. The Morgan fingerprint density at radius 1 is 1.06 bits per heavy atom. The van der Waals surface area contributed by atoms with Gasteiger partial charge >= 0.3 is 12.5 Å². The smallest absolute Gasteiger partial charge is 0.405 e. The molecule has 0 heterocycles. The van der Waals surface area contributed by atoms with Crippen molar-refractivity contribution >= 4 is 5.91 Å². The Morgan fingerprint density at radius 3 is 2.35 bits per heavy atom. The van der Waals surface area contributed by atoms with Crippen LogP contribution in [0.4, 0.5) is 26.3 Å². The maximum atomic E-state index is 13.6. The Hall–Kier alpha value is -3.23. The number of carbonyl (C=O) groups is 1. The fourth-order valence-corrected chi connectivity index (χ4v) is 2.44. The van der Waals surface area contributed by atoms with Gasteiger partial charge in [0.25, 0.3) is 5.91 Å². The average molecular weight is 447 g/mol. The van der Waals surface area contributed by atoms with E-state index < -0.39 is 53.6 Å². The molecule has 31 heavy (non-hydrogen) atoms. The predicted molar refractivity (Wildman–Crippen MR) is 96.5 cm³/mol. The van der Waals surface area contributed by atoms with Crippen LogP contribution in [0.1, 0.15) is 11.1 Å². The second kappa shape index (κ2) is 9.72. The number of nitrogens with one attached hydrogen (secondary N) is 1. The van der Waals surface area contributed by atoms with Gasteiger partial charge in [-0.15, -0.1) is 13.2 Å². The number of ether oxygens (including phenoxy) is 1. The first-order chi connectivity index (χ1) is 14.4. The van der Waals surface area contributed by atoms with E-state index in [1.165, 1.54) is 12.1 Å². The van der Waals surface area contributed by atoms with Gasteiger partial charge in [-0.05, 0) is 23.8 Å². The molecule has 0 fully saturated rings. The van der Waals surface area contributed by atoms with E-state index in [1.54, 1.807) is 0 Å². The first kappa shape index (κ1) is 24.0. The van der Waals surface area contributed by atoms with Gasteiger partial charge in [0.1, 0.15) is 5.75 Å². The Labute approximate surface area is 172 Å². The number of aliphatic hydroxyl groups excluding tert-OH is 2. The predicted octanol–water partition coefficient (Wildman–Crippen LogP) is 3.09. The minimum atomic E-state index is -5.10. The zero-order valence-electron chi connectivity index (χ0n) is 15.5. The fourth-order valence-electron chi connectivity index (χ4n) is 2.44. The van der Waals surface area contributed by atoms with Gasteiger partial charge in [0.2, 0.25) is 0 Å². The third kappa shape index (κ3) is 7.20. The number of aliphatic hydroxyl groups is 2. The molecule has 0 spiro atoms. The lowest BCUT2D eigenvalue weighted by atomic mass is 9.96. The number of alkyl halides is 6. The van der Waals surface area contributed by atoms with E-state index >= 15 is 0 Å². The normalized spacial score (nSPS) is 12.5. The molecule has 0 aliphatic rings. The maximum Gasteiger partial charge on any atom is 0.573 e. The molecule has 1 amide bonds. The van der Waals surface area contributed by atoms with Gasteiger partial charge in [0.15, 0.2) is 0 Å². The number of hydrogen-bond donors (Lipinski definition) is 3. The highest BCUT2D eigenvalue weighted by molar-refractivity contribution is 5.94. The highest BCUT2D eigenvalue weighted by Crippen LogP contribution is 2.41. The van der Waals surface area contributed by atoms with Crippen molar-refractivity contribution in [2.24, 2.45) is 0 Å². The third-order valence-corrected chi connectivity index (χ3v) is 3.76. The van der Waals surface area contributed by atoms with E-state index in [4.69, 9.17) is 10.2 Å². The van der Waals surface area contributed by atoms with E-state index in [1.807, 2.05) is 5.92 Å². The number of carbonyl (C=O) groups excluding carboxylic acids is 1. The van der Waals surface area contributed by atoms with Crippen LogP contribution in [0.25, 0.3) is 11.1 Å². The van der Waals surface area contributed by atoms with Gasteiger partial charge in [0.05, 0.1) is 18.3 Å². The summed E-state index contributed by atoms with van der Waals surface area (Å²) in [6.07, 6.45) is -11.3. The molecule has 0 radical (unpaired) electrons. The van der Waals surface area contributed by atoms with Gasteiger partial charge in [-0.3, -0.25) is 4.79 Å². The largest absolute Gasteiger partial charge is 0.573 e. The van der Waals surface area contributed by atoms with Gasteiger partial charge < -0.3 is 20.3 Å². The van der Waals surface area contributed by atoms with E-state index in [2.05, 4.69) is 16.0 Å². The first-order valence-corrected chi connectivity index (χ1v) is 8.56. The van der Waals surface area contributed by atoms with Crippen LogP contribution in [0.5, 0.6) is 5.75 Å². The van der Waals surface area contributed by atoms with Crippen molar-refractivity contribution in [1.82, 2.24) is 5.32 Å². The highest BCUT2D eigenvalue weighted by atomic mass is 19.4. The number of hydrogen-bond acceptors (Lipinski definition) is 4. The summed E-state index contributed by atoms with van der Waals surface area (Å²) in [5.74, 6) is 2.53. The molecule has 0 saturated heterocycles. The van der Waals surface area contributed by atoms with Gasteiger partial charge in [-0.2, -0.15) is 13.2 Å². The van der Waals surface area contributed by atoms with Crippen LogP contribution in [0.15, 0.2) is 42.5 Å². The molecule has 0 aliphatic heterocycles. The Kier molecular flexibility index (Phi) is 7.54. The molecule has 5 nitrogen and oxygen atoms in total. The monoisotopic (exact) mass is 447 g/mol. The second-order valence-corrected chi connectivity index (χ2v) is 6.10. The maximum absolute atomic E-state index is 13.6. The summed E-state index contributed by atoms with van der Waals surface area (Å²) >= 11 is 0. The van der Waals surface area contributed by atoms with Crippen LogP contribution >= 0.6 is 0 Å². The highest BCUT2D eigenvalue weighted by Gasteiger charge is 2.36. The molecule has 0 aromatic heterocycles. The Balaban J connectivity index is 2.42. The van der Waals surface area contributed by atoms with Crippen molar-refractivity contribution in [3.05, 3.63) is 53.6 Å². The van der Waals surface area contributed by atoms with E-state index in [0.29, 0.717) is 6.07 Å². The molecule has 2 aromatic carbocycles. The van der Waals surface area contributed by atoms with Crippen molar-refractivity contribution in [3.8, 4) is 28.7 Å². The number of rotatable bonds is 5. The van der Waals surface area contributed by atoms with Crippen LogP contribution < -0.4 is 10.1 Å². The molecule has 2 aromatic rings. The SMILES string of the molecule is O=C(C#Cc1ccc(-c2ccccc2OC(F)(F)F)c(C(F)(F)F)c1)NC[C@@H](O)CO. The van der Waals surface area contributed by atoms with Crippen molar-refractivity contribution < 1.29 is 46.1 Å². The summed E-state index contributed by atoms with van der Waals surface area (Å²) in [4.78, 5) is 11.6. The van der Waals surface area contributed by atoms with Gasteiger partial charge in [-0.25, -0.2) is 0 Å². The molecule has 1 atom stereocenters. The molecule has 3 N–H and O–H groups in total. The Bertz CT molecular complexity index is 992. The first-order valence-electron chi connectivity index (χ1n) is 8.56. The zero-order valence-corrected chi connectivity index (χ0v) is 15.5. The quantitative estimate of drug-likeness (QED) is 0.486. The molecule has 11 heteroatoms. The molecular weight excluding hydrogens is 432 g/mol. The fraction of sp³-hybridized carbons (Fsp3) is 0.250. The van der Waals surface area contributed by atoms with E-state index in [9.17, 15) is 31.1 Å². The number of benzene rings is 2. The minimum absolute atomic E-state index is 0.219. The molecule has 2 rings (SSSR count). The van der Waals surface area contributed by atoms with Gasteiger partial charge in [-0.1, -0.05) is 30.2 Å². The summed E-state index contributed by atoms with van der Waals surface area (Å²) in [6.45, 7) is -0.920. The van der Waals surface area contributed by atoms with E-state index in [-0.39, 0.29) is 12.1 Å². The number of halogens is 6. The van der Waals surface area contributed by atoms with Crippen LogP contribution in [-0.4, -0.2) is 41.7 Å². The van der Waals surface area contributed by atoms with Crippen LogP contribution in [-0.2, 0) is 11.0 Å². The molecular formula is C20H15F6NO4. The van der Waals surface area contributed by atoms with Crippen LogP contribution in [0.3, 0.4) is 0 Å². The van der Waals surface area contributed by atoms with Crippen LogP contribution in [0, 0.1) is 11.8 Å². The van der Waals surface area contributed by atoms with Gasteiger partial charge in [0, 0.05) is 23.6 Å². The summed E-state index contributed by atoms with van der Waals surface area (Å²) in [6, 6.07) is 7.03. The molecule has 0 aliphatic carbocycles. The zero-order chi connectivity index (χ0) is 23.2. The molecule has 0 saturated carbocycles. The Morgan fingerprint density at radius 2 is 1.74 bits per heavy atom. The summed E-state index contributed by atoms with van der Waals surface area (Å²) in [7, 11) is 0. The third-order valence-electron chi connectivity index (χ3n) is 3.76. The topological polar surface area (TPSA) is 78.8 Å². The lowest BCUT2D eigenvalue weighted by Gasteiger charge is -2.17. The second-order valence-electron chi connectivity index (χ2n) is 6.10.